The van der Waals surface area contributed by atoms with E-state index in [1.165, 1.54) is 0 Å². The molecule has 0 aromatic carbocycles. The smallest absolute Gasteiger partial charge is 0.138 e. The molecule has 0 bridgehead atoms. The highest BCUT2D eigenvalue weighted by atomic mass is 32.1. The lowest BCUT2D eigenvalue weighted by atomic mass is 10.4. The van der Waals surface area contributed by atoms with E-state index in [0.29, 0.717) is 0 Å². The van der Waals surface area contributed by atoms with Crippen molar-refractivity contribution >= 4 is 27.4 Å². The minimum atomic E-state index is 0.763. The van der Waals surface area contributed by atoms with Crippen molar-refractivity contribution in [2.45, 2.75) is 0 Å². The summed E-state index contributed by atoms with van der Waals surface area (Å²) in [5, 5.41) is 6.49. The number of nitrogens with one attached hydrogen (secondary N) is 1. The van der Waals surface area contributed by atoms with E-state index in [9.17, 15) is 0 Å². The van der Waals surface area contributed by atoms with Gasteiger partial charge in [-0.3, -0.25) is 0 Å². The lowest BCUT2D eigenvalue weighted by Crippen LogP contribution is -2.28. The maximum Gasteiger partial charge on any atom is 0.138 e. The number of methoxy groups -OCH3 is 1. The number of hydrogen-bond acceptors (Lipinski definition) is 6. The average molecular weight is 266 g/mol. The molecule has 2 aromatic heterocycles. The molecule has 5 nitrogen and oxygen atoms in total. The topological polar surface area (TPSA) is 50.3 Å². The summed E-state index contributed by atoms with van der Waals surface area (Å²) in [5.41, 5.74) is 0. The largest absolute Gasteiger partial charge is 0.383 e. The lowest BCUT2D eigenvalue weighted by Gasteiger charge is -2.16. The molecule has 18 heavy (non-hydrogen) atoms. The molecule has 6 heteroatoms. The number of rotatable bonds is 7. The summed E-state index contributed by atoms with van der Waals surface area (Å²) in [6.07, 6.45) is 1.61. The summed E-state index contributed by atoms with van der Waals surface area (Å²) in [7, 11) is 3.81. The molecule has 0 fully saturated rings. The van der Waals surface area contributed by atoms with Gasteiger partial charge in [0.15, 0.2) is 0 Å². The summed E-state index contributed by atoms with van der Waals surface area (Å²) in [6, 6.07) is 2.05. The summed E-state index contributed by atoms with van der Waals surface area (Å²) < 4.78 is 5.04. The van der Waals surface area contributed by atoms with Gasteiger partial charge in [0.1, 0.15) is 17.0 Å². The Balaban J connectivity index is 1.85. The average Bonchev–Trinajstić information content (AvgIpc) is 2.85. The minimum absolute atomic E-state index is 0.763. The van der Waals surface area contributed by atoms with E-state index in [-0.39, 0.29) is 0 Å². The molecule has 0 atom stereocenters. The third kappa shape index (κ3) is 3.38. The Labute approximate surface area is 111 Å². The van der Waals surface area contributed by atoms with Crippen molar-refractivity contribution in [2.24, 2.45) is 0 Å². The Morgan fingerprint density at radius 3 is 3.11 bits per heavy atom. The van der Waals surface area contributed by atoms with Crippen LogP contribution in [0.3, 0.4) is 0 Å². The molecular weight excluding hydrogens is 248 g/mol. The molecule has 2 rings (SSSR count). The van der Waals surface area contributed by atoms with E-state index < -0.39 is 0 Å². The number of anilines is 1. The molecule has 2 heterocycles. The molecule has 0 aliphatic carbocycles. The standard InChI is InChI=1S/C12H18N4OS/c1-16(6-7-17-2)5-4-13-11-10-3-8-18-12(10)15-9-14-11/h3,8-9H,4-7H2,1-2H3,(H,13,14,15). The highest BCUT2D eigenvalue weighted by Gasteiger charge is 2.04. The van der Waals surface area contributed by atoms with E-state index in [1.54, 1.807) is 24.8 Å². The predicted octanol–water partition coefficient (Wildman–Crippen LogP) is 1.68. The predicted molar refractivity (Wildman–Crippen MR) is 75.3 cm³/mol. The van der Waals surface area contributed by atoms with Crippen molar-refractivity contribution in [3.8, 4) is 0 Å². The van der Waals surface area contributed by atoms with Crippen molar-refractivity contribution in [1.82, 2.24) is 14.9 Å². The Bertz CT molecular complexity index is 488. The third-order valence-corrected chi connectivity index (χ3v) is 3.55. The molecule has 0 radical (unpaired) electrons. The maximum atomic E-state index is 5.04. The summed E-state index contributed by atoms with van der Waals surface area (Å²) in [4.78, 5) is 11.8. The molecule has 2 aromatic rings. The van der Waals surface area contributed by atoms with Crippen molar-refractivity contribution in [3.05, 3.63) is 17.8 Å². The summed E-state index contributed by atoms with van der Waals surface area (Å²) >= 11 is 1.63. The van der Waals surface area contributed by atoms with Crippen LogP contribution in [-0.4, -0.2) is 55.3 Å². The fraction of sp³-hybridized carbons (Fsp3) is 0.500. The first-order valence-corrected chi connectivity index (χ1v) is 6.79. The first-order chi connectivity index (χ1) is 8.81. The van der Waals surface area contributed by atoms with Crippen LogP contribution in [0.1, 0.15) is 0 Å². The molecule has 0 saturated heterocycles. The van der Waals surface area contributed by atoms with Gasteiger partial charge in [0.2, 0.25) is 0 Å². The van der Waals surface area contributed by atoms with Gasteiger partial charge in [0.05, 0.1) is 12.0 Å². The highest BCUT2D eigenvalue weighted by Crippen LogP contribution is 2.23. The van der Waals surface area contributed by atoms with Gasteiger partial charge < -0.3 is 15.0 Å². The molecule has 0 aliphatic heterocycles. The lowest BCUT2D eigenvalue weighted by molar-refractivity contribution is 0.163. The van der Waals surface area contributed by atoms with Gasteiger partial charge in [-0.05, 0) is 18.5 Å². The zero-order chi connectivity index (χ0) is 12.8. The SMILES string of the molecule is COCCN(C)CCNc1ncnc2sccc12. The molecule has 0 amide bonds. The number of fused-ring (bicyclic) bond motifs is 1. The number of likely N-dealkylation sites (N-methyl/N-ethyl adjacent to an activating group) is 1. The Morgan fingerprint density at radius 1 is 1.39 bits per heavy atom. The van der Waals surface area contributed by atoms with Crippen LogP contribution >= 0.6 is 11.3 Å². The number of hydrogen-bond donors (Lipinski definition) is 1. The second-order valence-corrected chi connectivity index (χ2v) is 4.98. The molecule has 0 spiro atoms. The van der Waals surface area contributed by atoms with E-state index in [4.69, 9.17) is 4.74 Å². The Kier molecular flexibility index (Phi) is 4.86. The van der Waals surface area contributed by atoms with Crippen molar-refractivity contribution in [1.29, 1.82) is 0 Å². The molecule has 0 aliphatic rings. The van der Waals surface area contributed by atoms with Crippen molar-refractivity contribution in [3.63, 3.8) is 0 Å². The second-order valence-electron chi connectivity index (χ2n) is 4.08. The number of thiophene rings is 1. The zero-order valence-corrected chi connectivity index (χ0v) is 11.5. The van der Waals surface area contributed by atoms with Gasteiger partial charge in [-0.1, -0.05) is 0 Å². The number of nitrogens with zero attached hydrogens (tertiary/aromatic N) is 3. The van der Waals surface area contributed by atoms with Gasteiger partial charge in [-0.15, -0.1) is 11.3 Å². The third-order valence-electron chi connectivity index (χ3n) is 2.72. The number of aromatic nitrogens is 2. The fourth-order valence-corrected chi connectivity index (χ4v) is 2.39. The van der Waals surface area contributed by atoms with E-state index in [1.807, 2.05) is 5.38 Å². The van der Waals surface area contributed by atoms with Crippen LogP contribution in [-0.2, 0) is 4.74 Å². The van der Waals surface area contributed by atoms with Crippen LogP contribution in [0, 0.1) is 0 Å². The van der Waals surface area contributed by atoms with Gasteiger partial charge in [-0.2, -0.15) is 0 Å². The van der Waals surface area contributed by atoms with Crippen LogP contribution in [0.2, 0.25) is 0 Å². The van der Waals surface area contributed by atoms with E-state index in [0.717, 1.165) is 42.3 Å². The van der Waals surface area contributed by atoms with Crippen molar-refractivity contribution < 1.29 is 4.74 Å². The summed E-state index contributed by atoms with van der Waals surface area (Å²) in [6.45, 7) is 3.52. The Morgan fingerprint density at radius 2 is 2.28 bits per heavy atom. The first kappa shape index (κ1) is 13.2. The fourth-order valence-electron chi connectivity index (χ4n) is 1.66. The van der Waals surface area contributed by atoms with Gasteiger partial charge >= 0.3 is 0 Å². The molecule has 0 unspecified atom stereocenters. The summed E-state index contributed by atoms with van der Waals surface area (Å²) in [5.74, 6) is 0.918. The monoisotopic (exact) mass is 266 g/mol. The molecule has 0 saturated carbocycles. The minimum Gasteiger partial charge on any atom is -0.383 e. The van der Waals surface area contributed by atoms with Crippen molar-refractivity contribution in [2.75, 3.05) is 45.7 Å². The second kappa shape index (κ2) is 6.63. The van der Waals surface area contributed by atoms with Gasteiger partial charge in [0.25, 0.3) is 0 Å². The number of ether oxygens (including phenoxy) is 1. The highest BCUT2D eigenvalue weighted by molar-refractivity contribution is 7.16. The quantitative estimate of drug-likeness (QED) is 0.826. The molecule has 1 N–H and O–H groups in total. The zero-order valence-electron chi connectivity index (χ0n) is 10.7. The van der Waals surface area contributed by atoms with Crippen LogP contribution in [0.5, 0.6) is 0 Å². The van der Waals surface area contributed by atoms with Crippen LogP contribution < -0.4 is 5.32 Å². The van der Waals surface area contributed by atoms with Crippen LogP contribution in [0.4, 0.5) is 5.82 Å². The van der Waals surface area contributed by atoms with Gasteiger partial charge in [0, 0.05) is 26.7 Å². The normalized spacial score (nSPS) is 11.3. The maximum absolute atomic E-state index is 5.04. The molecule has 98 valence electrons. The van der Waals surface area contributed by atoms with E-state index >= 15 is 0 Å². The van der Waals surface area contributed by atoms with Gasteiger partial charge in [-0.25, -0.2) is 9.97 Å². The van der Waals surface area contributed by atoms with E-state index in [2.05, 4.69) is 33.3 Å². The first-order valence-electron chi connectivity index (χ1n) is 5.91. The van der Waals surface area contributed by atoms with Crippen LogP contribution in [0.25, 0.3) is 10.2 Å². The Hall–Kier alpha value is -1.24. The molecular formula is C12H18N4OS. The van der Waals surface area contributed by atoms with Crippen LogP contribution in [0.15, 0.2) is 17.8 Å².